The van der Waals surface area contributed by atoms with Crippen LogP contribution < -0.4 is 4.74 Å². The smallest absolute Gasteiger partial charge is 0.344 e. The number of ether oxygens (including phenoxy) is 2. The highest BCUT2D eigenvalue weighted by Gasteiger charge is 2.13. The van der Waals surface area contributed by atoms with E-state index >= 15 is 0 Å². The minimum Gasteiger partial charge on any atom is -0.482 e. The lowest BCUT2D eigenvalue weighted by Gasteiger charge is -2.13. The molecule has 27 heavy (non-hydrogen) atoms. The molecule has 0 saturated carbocycles. The number of benzene rings is 2. The molecule has 0 spiro atoms. The van der Waals surface area contributed by atoms with Gasteiger partial charge in [-0.05, 0) is 41.8 Å². The van der Waals surface area contributed by atoms with Gasteiger partial charge >= 0.3 is 5.97 Å². The maximum absolute atomic E-state index is 11.9. The second-order valence-corrected chi connectivity index (χ2v) is 6.60. The van der Waals surface area contributed by atoms with Crippen LogP contribution in [0.1, 0.15) is 31.2 Å². The number of hydrogen-bond acceptors (Lipinski definition) is 6. The minimum atomic E-state index is -0.514. The van der Waals surface area contributed by atoms with E-state index in [1.807, 2.05) is 24.3 Å². The van der Waals surface area contributed by atoms with Crippen molar-refractivity contribution in [3.63, 3.8) is 0 Å². The zero-order valence-corrected chi connectivity index (χ0v) is 15.8. The molecule has 0 N–H and O–H groups in total. The molecule has 0 atom stereocenters. The lowest BCUT2D eigenvalue weighted by Crippen LogP contribution is -2.15. The van der Waals surface area contributed by atoms with Crippen molar-refractivity contribution in [2.45, 2.75) is 26.4 Å². The van der Waals surface area contributed by atoms with E-state index in [9.17, 15) is 4.79 Å². The Bertz CT molecular complexity index is 906. The van der Waals surface area contributed by atoms with Crippen LogP contribution in [0.2, 0.25) is 5.02 Å². The fourth-order valence-electron chi connectivity index (χ4n) is 2.44. The summed E-state index contributed by atoms with van der Waals surface area (Å²) in [5, 5.41) is 4.49. The maximum atomic E-state index is 11.9. The molecule has 0 saturated heterocycles. The lowest BCUT2D eigenvalue weighted by atomic mass is 10.0. The maximum Gasteiger partial charge on any atom is 0.344 e. The quantitative estimate of drug-likeness (QED) is 0.551. The number of carbonyl (C=O) groups is 1. The van der Waals surface area contributed by atoms with Crippen molar-refractivity contribution in [3.05, 3.63) is 65.0 Å². The standard InChI is InChI=1S/C20H19ClN2O4/c1-13(2)16-5-3-4-6-17(16)25-12-19(24)26-11-18-22-20(23-27-18)14-7-9-15(21)10-8-14/h3-10,13H,11-12H2,1-2H3. The predicted octanol–water partition coefficient (Wildman–Crippen LogP) is 4.64. The topological polar surface area (TPSA) is 74.5 Å². The first-order valence-corrected chi connectivity index (χ1v) is 8.86. The van der Waals surface area contributed by atoms with Gasteiger partial charge < -0.3 is 14.0 Å². The molecular weight excluding hydrogens is 368 g/mol. The molecule has 3 aromatic rings. The van der Waals surface area contributed by atoms with Gasteiger partial charge in [0.25, 0.3) is 5.89 Å². The van der Waals surface area contributed by atoms with Crippen LogP contribution in [0.5, 0.6) is 5.75 Å². The molecule has 140 valence electrons. The predicted molar refractivity (Wildman–Crippen MR) is 101 cm³/mol. The van der Waals surface area contributed by atoms with Crippen LogP contribution in [0.4, 0.5) is 0 Å². The Labute approximate surface area is 162 Å². The molecule has 1 aromatic heterocycles. The third kappa shape index (κ3) is 5.08. The normalized spacial score (nSPS) is 10.8. The van der Waals surface area contributed by atoms with E-state index in [1.54, 1.807) is 24.3 Å². The summed E-state index contributed by atoms with van der Waals surface area (Å²) in [7, 11) is 0. The molecular formula is C20H19ClN2O4. The summed E-state index contributed by atoms with van der Waals surface area (Å²) >= 11 is 5.86. The third-order valence-corrected chi connectivity index (χ3v) is 4.07. The summed E-state index contributed by atoms with van der Waals surface area (Å²) in [6, 6.07) is 14.6. The minimum absolute atomic E-state index is 0.116. The zero-order chi connectivity index (χ0) is 19.2. The van der Waals surface area contributed by atoms with Crippen molar-refractivity contribution in [2.24, 2.45) is 0 Å². The molecule has 3 rings (SSSR count). The largest absolute Gasteiger partial charge is 0.482 e. The third-order valence-electron chi connectivity index (χ3n) is 3.81. The van der Waals surface area contributed by atoms with Gasteiger partial charge in [0.15, 0.2) is 13.2 Å². The zero-order valence-electron chi connectivity index (χ0n) is 15.0. The molecule has 0 radical (unpaired) electrons. The Kier molecular flexibility index (Phi) is 6.08. The van der Waals surface area contributed by atoms with Gasteiger partial charge in [-0.15, -0.1) is 0 Å². The Hall–Kier alpha value is -2.86. The fourth-order valence-corrected chi connectivity index (χ4v) is 2.57. The number of aromatic nitrogens is 2. The van der Waals surface area contributed by atoms with Crippen molar-refractivity contribution >= 4 is 17.6 Å². The van der Waals surface area contributed by atoms with Gasteiger partial charge in [0.05, 0.1) is 0 Å². The van der Waals surface area contributed by atoms with Crippen LogP contribution in [-0.4, -0.2) is 22.7 Å². The summed E-state index contributed by atoms with van der Waals surface area (Å²) in [4.78, 5) is 16.1. The van der Waals surface area contributed by atoms with Crippen LogP contribution in [0.15, 0.2) is 53.1 Å². The summed E-state index contributed by atoms with van der Waals surface area (Å²) in [6.45, 7) is 3.82. The number of carbonyl (C=O) groups excluding carboxylic acids is 1. The van der Waals surface area contributed by atoms with Gasteiger partial charge in [0.1, 0.15) is 5.75 Å². The highest BCUT2D eigenvalue weighted by molar-refractivity contribution is 6.30. The number of nitrogens with zero attached hydrogens (tertiary/aromatic N) is 2. The van der Waals surface area contributed by atoms with Crippen molar-refractivity contribution in [1.29, 1.82) is 0 Å². The van der Waals surface area contributed by atoms with Crippen LogP contribution in [0.3, 0.4) is 0 Å². The van der Waals surface area contributed by atoms with Gasteiger partial charge in [-0.1, -0.05) is 48.8 Å². The Morgan fingerprint density at radius 2 is 1.89 bits per heavy atom. The molecule has 0 fully saturated rings. The molecule has 6 nitrogen and oxygen atoms in total. The number of halogens is 1. The lowest BCUT2D eigenvalue weighted by molar-refractivity contribution is -0.148. The number of rotatable bonds is 7. The second kappa shape index (κ2) is 8.68. The highest BCUT2D eigenvalue weighted by atomic mass is 35.5. The Morgan fingerprint density at radius 3 is 2.63 bits per heavy atom. The molecule has 0 amide bonds. The van der Waals surface area contributed by atoms with Crippen LogP contribution >= 0.6 is 11.6 Å². The summed E-state index contributed by atoms with van der Waals surface area (Å²) in [5.41, 5.74) is 1.80. The van der Waals surface area contributed by atoms with E-state index in [2.05, 4.69) is 24.0 Å². The molecule has 0 aliphatic rings. The van der Waals surface area contributed by atoms with E-state index in [4.69, 9.17) is 25.6 Å². The fraction of sp³-hybridized carbons (Fsp3) is 0.250. The van der Waals surface area contributed by atoms with Gasteiger partial charge in [-0.2, -0.15) is 4.98 Å². The van der Waals surface area contributed by atoms with E-state index < -0.39 is 5.97 Å². The Morgan fingerprint density at radius 1 is 1.15 bits per heavy atom. The first kappa shape index (κ1) is 18.9. The van der Waals surface area contributed by atoms with E-state index in [0.717, 1.165) is 11.1 Å². The number of hydrogen-bond donors (Lipinski definition) is 0. The van der Waals surface area contributed by atoms with Crippen molar-refractivity contribution in [1.82, 2.24) is 10.1 Å². The first-order valence-electron chi connectivity index (χ1n) is 8.49. The molecule has 1 heterocycles. The van der Waals surface area contributed by atoms with Crippen LogP contribution in [0, 0.1) is 0 Å². The van der Waals surface area contributed by atoms with Gasteiger partial charge in [-0.25, -0.2) is 4.79 Å². The highest BCUT2D eigenvalue weighted by Crippen LogP contribution is 2.25. The van der Waals surface area contributed by atoms with Gasteiger partial charge in [0, 0.05) is 10.6 Å². The number of para-hydroxylation sites is 1. The molecule has 0 aliphatic heterocycles. The summed E-state index contributed by atoms with van der Waals surface area (Å²) < 4.78 is 15.8. The van der Waals surface area contributed by atoms with Crippen LogP contribution in [0.25, 0.3) is 11.4 Å². The average molecular weight is 387 g/mol. The van der Waals surface area contributed by atoms with Crippen LogP contribution in [-0.2, 0) is 16.1 Å². The molecule has 7 heteroatoms. The molecule has 0 unspecified atom stereocenters. The second-order valence-electron chi connectivity index (χ2n) is 6.16. The Balaban J connectivity index is 1.52. The van der Waals surface area contributed by atoms with Crippen molar-refractivity contribution in [3.8, 4) is 17.1 Å². The van der Waals surface area contributed by atoms with E-state index in [0.29, 0.717) is 22.5 Å². The summed E-state index contributed by atoms with van der Waals surface area (Å²) in [5.74, 6) is 1.06. The molecule has 0 aliphatic carbocycles. The molecule has 2 aromatic carbocycles. The van der Waals surface area contributed by atoms with Gasteiger partial charge in [0.2, 0.25) is 5.82 Å². The summed E-state index contributed by atoms with van der Waals surface area (Å²) in [6.07, 6.45) is 0. The van der Waals surface area contributed by atoms with Crippen molar-refractivity contribution < 1.29 is 18.8 Å². The van der Waals surface area contributed by atoms with Gasteiger partial charge in [-0.3, -0.25) is 0 Å². The van der Waals surface area contributed by atoms with E-state index in [-0.39, 0.29) is 19.1 Å². The monoisotopic (exact) mass is 386 g/mol. The number of esters is 1. The first-order chi connectivity index (χ1) is 13.0. The van der Waals surface area contributed by atoms with E-state index in [1.165, 1.54) is 0 Å². The van der Waals surface area contributed by atoms with Crippen molar-refractivity contribution in [2.75, 3.05) is 6.61 Å². The average Bonchev–Trinajstić information content (AvgIpc) is 3.14. The SMILES string of the molecule is CC(C)c1ccccc1OCC(=O)OCc1nc(-c2ccc(Cl)cc2)no1. The molecule has 0 bridgehead atoms.